The van der Waals surface area contributed by atoms with E-state index in [2.05, 4.69) is 31.9 Å². The number of halogens is 1. The van der Waals surface area contributed by atoms with Gasteiger partial charge in [0, 0.05) is 77.3 Å². The number of benzene rings is 2. The number of amides is 2. The van der Waals surface area contributed by atoms with E-state index in [-0.39, 0.29) is 61.0 Å². The maximum Gasteiger partial charge on any atom is 0.227 e. The summed E-state index contributed by atoms with van der Waals surface area (Å²) in [6, 6.07) is 24.3. The zero-order valence-electron chi connectivity index (χ0n) is 44.0. The Hall–Kier alpha value is -6.39. The molecule has 14 nitrogen and oxygen atoms in total. The number of carbonyl (C=O) groups excluding carboxylic acids is 4. The van der Waals surface area contributed by atoms with Crippen molar-refractivity contribution in [3.05, 3.63) is 113 Å². The van der Waals surface area contributed by atoms with E-state index in [1.54, 1.807) is 34.6 Å². The Morgan fingerprint density at radius 1 is 0.827 bits per heavy atom. The van der Waals surface area contributed by atoms with E-state index in [4.69, 9.17) is 10.1 Å². The number of unbranched alkanes of at least 4 members (excludes halogenated alkanes) is 5. The van der Waals surface area contributed by atoms with Crippen LogP contribution in [0.1, 0.15) is 127 Å². The first-order valence-electron chi connectivity index (χ1n) is 27.1. The fourth-order valence-corrected chi connectivity index (χ4v) is 12.0. The Balaban J connectivity index is 0.672. The third-order valence-electron chi connectivity index (χ3n) is 15.5. The Bertz CT molecular complexity index is 2940. The molecule has 16 heteroatoms. The van der Waals surface area contributed by atoms with E-state index in [1.807, 2.05) is 91.2 Å². The maximum absolute atomic E-state index is 14.2. The average molecular weight is 1040 g/mol. The van der Waals surface area contributed by atoms with Gasteiger partial charge in [-0.25, -0.2) is 23.9 Å². The Morgan fingerprint density at radius 3 is 2.31 bits per heavy atom. The number of rotatable bonds is 21. The number of aliphatic hydroxyl groups excluding tert-OH is 1. The van der Waals surface area contributed by atoms with Gasteiger partial charge in [-0.3, -0.25) is 19.2 Å². The summed E-state index contributed by atoms with van der Waals surface area (Å²) in [7, 11) is 0. The van der Waals surface area contributed by atoms with E-state index in [9.17, 15) is 28.7 Å². The molecule has 3 saturated heterocycles. The monoisotopic (exact) mass is 1040 g/mol. The molecular weight excluding hydrogens is 966 g/mol. The van der Waals surface area contributed by atoms with Crippen LogP contribution in [0.2, 0.25) is 0 Å². The molecule has 0 spiro atoms. The van der Waals surface area contributed by atoms with Gasteiger partial charge in [0.2, 0.25) is 11.8 Å². The van der Waals surface area contributed by atoms with Crippen molar-refractivity contribution >= 4 is 52.0 Å². The third-order valence-corrected chi connectivity index (χ3v) is 16.5. The summed E-state index contributed by atoms with van der Waals surface area (Å²) in [6.07, 6.45) is 10.4. The van der Waals surface area contributed by atoms with Gasteiger partial charge in [0.05, 0.1) is 46.2 Å². The van der Waals surface area contributed by atoms with Crippen molar-refractivity contribution in [3.8, 4) is 21.8 Å². The summed E-state index contributed by atoms with van der Waals surface area (Å²) in [5.41, 5.74) is 7.67. The standard InChI is InChI=1S/C59H72FN9O5S/c1-40-57(75-39-62-40)42-24-21-41(22-25-42)23-26-52(72)50-36-46(71)38-68(50)58(74)47(59(2,3)4)35-45(70)16-9-7-5-6-8-10-20-56(73)66-32-30-65(31-33-66)54-19-12-17-48(63-54)51-37-61-53-27-28-55(64-69(51)53)67-29-13-18-49(67)43-14-11-15-44(60)34-43/h11-12,14-15,17,19,21-22,24-25,27-28,34,37,39,46-47,49-50,71H,5-10,13,16,18,20,23,26,29-33,35-36,38H2,1-4H3/t46-,47-,49-,50+/m1/s1. The van der Waals surface area contributed by atoms with Crippen molar-refractivity contribution in [2.45, 2.75) is 136 Å². The molecule has 75 heavy (non-hydrogen) atoms. The lowest BCUT2D eigenvalue weighted by molar-refractivity contribution is -0.145. The van der Waals surface area contributed by atoms with Gasteiger partial charge in [-0.1, -0.05) is 88.9 Å². The molecule has 0 unspecified atom stereocenters. The summed E-state index contributed by atoms with van der Waals surface area (Å²) in [6.45, 7) is 11.5. The van der Waals surface area contributed by atoms with Gasteiger partial charge in [-0.15, -0.1) is 16.4 Å². The lowest BCUT2D eigenvalue weighted by atomic mass is 9.76. The number of Topliss-reactive ketones (excluding diaryl/α,β-unsaturated/α-hetero) is 2. The van der Waals surface area contributed by atoms with Crippen molar-refractivity contribution in [2.75, 3.05) is 49.1 Å². The zero-order chi connectivity index (χ0) is 52.6. The second kappa shape index (κ2) is 24.1. The fraction of sp³-hybridized carbons (Fsp3) is 0.492. The predicted octanol–water partition coefficient (Wildman–Crippen LogP) is 10.3. The smallest absolute Gasteiger partial charge is 0.227 e. The molecule has 7 heterocycles. The van der Waals surface area contributed by atoms with E-state index >= 15 is 0 Å². The largest absolute Gasteiger partial charge is 0.391 e. The molecule has 4 atom stereocenters. The molecule has 0 saturated carbocycles. The Kier molecular flexibility index (Phi) is 17.2. The van der Waals surface area contributed by atoms with Gasteiger partial charge >= 0.3 is 0 Å². The number of hydrogen-bond donors (Lipinski definition) is 1. The number of pyridine rings is 1. The number of imidazole rings is 1. The molecular formula is C59H72FN9O5S. The van der Waals surface area contributed by atoms with Crippen LogP contribution in [0, 0.1) is 24.1 Å². The van der Waals surface area contributed by atoms with Crippen LogP contribution in [0.3, 0.4) is 0 Å². The van der Waals surface area contributed by atoms with Gasteiger partial charge in [0.25, 0.3) is 0 Å². The van der Waals surface area contributed by atoms with E-state index in [1.165, 1.54) is 6.07 Å². The number of anilines is 2. The second-order valence-corrected chi connectivity index (χ2v) is 22.7. The maximum atomic E-state index is 14.2. The van der Waals surface area contributed by atoms with Crippen LogP contribution in [0.4, 0.5) is 16.0 Å². The lowest BCUT2D eigenvalue weighted by Crippen LogP contribution is -2.49. The number of β-amino-alcohol motifs (C(OH)–C–C–N with tert-alkyl or cyclic N) is 1. The number of aliphatic hydroxyl groups is 1. The molecule has 6 aromatic rings. The number of aryl methyl sites for hydroxylation is 2. The number of nitrogens with zero attached hydrogens (tertiary/aromatic N) is 9. The molecule has 396 valence electrons. The second-order valence-electron chi connectivity index (χ2n) is 21.9. The highest BCUT2D eigenvalue weighted by molar-refractivity contribution is 7.13. The first-order valence-corrected chi connectivity index (χ1v) is 28.0. The third kappa shape index (κ3) is 13.0. The van der Waals surface area contributed by atoms with Crippen LogP contribution >= 0.6 is 11.3 Å². The average Bonchev–Trinajstić information content (AvgIpc) is 4.25. The van der Waals surface area contributed by atoms with E-state index < -0.39 is 23.5 Å². The molecule has 2 aromatic carbocycles. The quantitative estimate of drug-likeness (QED) is 0.0684. The van der Waals surface area contributed by atoms with E-state index in [0.717, 1.165) is 114 Å². The van der Waals surface area contributed by atoms with Gasteiger partial charge in [0.1, 0.15) is 28.9 Å². The van der Waals surface area contributed by atoms with Gasteiger partial charge in [-0.05, 0) is 97.5 Å². The number of fused-ring (bicyclic) bond motifs is 1. The number of aromatic nitrogens is 5. The van der Waals surface area contributed by atoms with Crippen molar-refractivity contribution in [3.63, 3.8) is 0 Å². The molecule has 3 aliphatic heterocycles. The number of carbonyl (C=O) groups is 4. The van der Waals surface area contributed by atoms with Crippen LogP contribution in [0.5, 0.6) is 0 Å². The van der Waals surface area contributed by atoms with Crippen molar-refractivity contribution < 1.29 is 28.7 Å². The number of hydrogen-bond acceptors (Lipinski definition) is 12. The van der Waals surface area contributed by atoms with Gasteiger partial charge in [-0.2, -0.15) is 0 Å². The topological polar surface area (TPSA) is 157 Å². The van der Waals surface area contributed by atoms with Gasteiger partial charge in [0.15, 0.2) is 11.4 Å². The molecule has 3 fully saturated rings. The summed E-state index contributed by atoms with van der Waals surface area (Å²) < 4.78 is 16.0. The summed E-state index contributed by atoms with van der Waals surface area (Å²) in [5.74, 6) is 0.770. The lowest BCUT2D eigenvalue weighted by Gasteiger charge is -2.35. The van der Waals surface area contributed by atoms with Crippen LogP contribution < -0.4 is 9.80 Å². The number of piperazine rings is 1. The summed E-state index contributed by atoms with van der Waals surface area (Å²) >= 11 is 1.60. The molecule has 2 amide bonds. The zero-order valence-corrected chi connectivity index (χ0v) is 44.8. The number of ketones is 2. The summed E-state index contributed by atoms with van der Waals surface area (Å²) in [4.78, 5) is 77.6. The molecule has 0 aliphatic carbocycles. The SMILES string of the molecule is Cc1ncsc1-c1ccc(CCC(=O)[C@@H]2C[C@@H](O)CN2C(=O)[C@@H](CC(=O)CCCCCCCCC(=O)N2CCN(c3cccc(-c4cnc5ccc(N6CCC[C@@H]6c6cccc(F)c6)nn45)n3)CC2)C(C)(C)C)cc1. The van der Waals surface area contributed by atoms with Crippen LogP contribution in [0.15, 0.2) is 90.6 Å². The van der Waals surface area contributed by atoms with Crippen LogP contribution in [-0.4, -0.2) is 114 Å². The van der Waals surface area contributed by atoms with E-state index in [0.29, 0.717) is 45.4 Å². The van der Waals surface area contributed by atoms with Crippen LogP contribution in [0.25, 0.3) is 27.5 Å². The normalized spacial score (nSPS) is 18.6. The Morgan fingerprint density at radius 2 is 1.57 bits per heavy atom. The number of thiazole rings is 1. The first kappa shape index (κ1) is 53.4. The molecule has 9 rings (SSSR count). The first-order chi connectivity index (χ1) is 36.2. The molecule has 0 radical (unpaired) electrons. The molecule has 1 N–H and O–H groups in total. The molecule has 0 bridgehead atoms. The highest BCUT2D eigenvalue weighted by Crippen LogP contribution is 2.37. The fourth-order valence-electron chi connectivity index (χ4n) is 11.2. The highest BCUT2D eigenvalue weighted by atomic mass is 32.1. The van der Waals surface area contributed by atoms with Crippen molar-refractivity contribution in [1.29, 1.82) is 0 Å². The Labute approximate surface area is 444 Å². The predicted molar refractivity (Wildman–Crippen MR) is 292 cm³/mol. The minimum atomic E-state index is -0.777. The minimum absolute atomic E-state index is 0.0476. The summed E-state index contributed by atoms with van der Waals surface area (Å²) in [5, 5.41) is 15.7. The molecule has 3 aliphatic rings. The van der Waals surface area contributed by atoms with Crippen LogP contribution in [-0.2, 0) is 25.6 Å². The molecule has 4 aromatic heterocycles. The number of likely N-dealkylation sites (tertiary alicyclic amines) is 1. The van der Waals surface area contributed by atoms with Crippen molar-refractivity contribution in [2.24, 2.45) is 11.3 Å². The minimum Gasteiger partial charge on any atom is -0.391 e. The van der Waals surface area contributed by atoms with Crippen molar-refractivity contribution in [1.82, 2.24) is 34.4 Å². The van der Waals surface area contributed by atoms with Gasteiger partial charge < -0.3 is 24.7 Å². The highest BCUT2D eigenvalue weighted by Gasteiger charge is 2.44.